The topological polar surface area (TPSA) is 83.6 Å². The number of amides is 2. The highest BCUT2D eigenvalue weighted by atomic mass is 32.2. The monoisotopic (exact) mass is 262 g/mol. The fourth-order valence-corrected chi connectivity index (χ4v) is 2.44. The van der Waals surface area contributed by atoms with Gasteiger partial charge in [0.1, 0.15) is 5.54 Å². The van der Waals surface area contributed by atoms with Crippen LogP contribution in [0.3, 0.4) is 0 Å². The van der Waals surface area contributed by atoms with Crippen molar-refractivity contribution < 1.29 is 18.0 Å². The van der Waals surface area contributed by atoms with Gasteiger partial charge in [-0.15, -0.1) is 0 Å². The molecule has 2 amide bonds. The number of carbonyl (C=O) groups excluding carboxylic acids is 2. The minimum absolute atomic E-state index is 0.0462. The van der Waals surface area contributed by atoms with Crippen molar-refractivity contribution in [2.45, 2.75) is 26.3 Å². The molecule has 0 unspecified atom stereocenters. The predicted molar refractivity (Wildman–Crippen MR) is 63.1 cm³/mol. The van der Waals surface area contributed by atoms with E-state index in [1.807, 2.05) is 0 Å². The lowest BCUT2D eigenvalue weighted by Gasteiger charge is -2.37. The van der Waals surface area contributed by atoms with Crippen LogP contribution in [0, 0.1) is 0 Å². The van der Waals surface area contributed by atoms with Crippen LogP contribution in [0.4, 0.5) is 0 Å². The molecule has 0 saturated carbocycles. The second kappa shape index (κ2) is 4.64. The Morgan fingerprint density at radius 3 is 2.47 bits per heavy atom. The molecule has 1 heterocycles. The van der Waals surface area contributed by atoms with Gasteiger partial charge in [-0.05, 0) is 13.8 Å². The SMILES string of the molecule is CCS(=O)(=O)CCN1CC(=O)NC(C)(C)C1=O. The Labute approximate surface area is 101 Å². The van der Waals surface area contributed by atoms with Crippen molar-refractivity contribution in [3.05, 3.63) is 0 Å². The second-order valence-corrected chi connectivity index (χ2v) is 7.11. The summed E-state index contributed by atoms with van der Waals surface area (Å²) in [6.07, 6.45) is 0. The Morgan fingerprint density at radius 1 is 1.35 bits per heavy atom. The van der Waals surface area contributed by atoms with Gasteiger partial charge in [0.2, 0.25) is 11.8 Å². The number of piperazine rings is 1. The van der Waals surface area contributed by atoms with Crippen LogP contribution in [-0.2, 0) is 19.4 Å². The minimum atomic E-state index is -3.12. The summed E-state index contributed by atoms with van der Waals surface area (Å²) in [7, 11) is -3.12. The summed E-state index contributed by atoms with van der Waals surface area (Å²) in [6, 6.07) is 0. The average Bonchev–Trinajstić information content (AvgIpc) is 2.21. The highest BCUT2D eigenvalue weighted by Crippen LogP contribution is 2.13. The van der Waals surface area contributed by atoms with Gasteiger partial charge in [0, 0.05) is 12.3 Å². The molecule has 0 aromatic rings. The van der Waals surface area contributed by atoms with Crippen molar-refractivity contribution >= 4 is 21.7 Å². The Morgan fingerprint density at radius 2 is 1.94 bits per heavy atom. The first-order chi connectivity index (χ1) is 7.68. The Bertz CT molecular complexity index is 428. The standard InChI is InChI=1S/C10H18N2O4S/c1-4-17(15,16)6-5-12-7-8(13)11-10(2,3)9(12)14/h4-7H2,1-3H3,(H,11,13). The third-order valence-electron chi connectivity index (χ3n) is 2.72. The summed E-state index contributed by atoms with van der Waals surface area (Å²) in [5.41, 5.74) is -0.953. The first kappa shape index (κ1) is 14.0. The van der Waals surface area contributed by atoms with Gasteiger partial charge in [0.25, 0.3) is 0 Å². The van der Waals surface area contributed by atoms with E-state index in [0.717, 1.165) is 0 Å². The van der Waals surface area contributed by atoms with Crippen LogP contribution in [0.25, 0.3) is 0 Å². The van der Waals surface area contributed by atoms with Gasteiger partial charge >= 0.3 is 0 Å². The number of nitrogens with one attached hydrogen (secondary N) is 1. The first-order valence-corrected chi connectivity index (χ1v) is 7.31. The fraction of sp³-hybridized carbons (Fsp3) is 0.800. The summed E-state index contributed by atoms with van der Waals surface area (Å²) in [5.74, 6) is -0.560. The molecule has 1 saturated heterocycles. The molecule has 0 aromatic heterocycles. The molecule has 0 bridgehead atoms. The van der Waals surface area contributed by atoms with E-state index in [1.165, 1.54) is 4.90 Å². The van der Waals surface area contributed by atoms with E-state index in [0.29, 0.717) is 0 Å². The van der Waals surface area contributed by atoms with Gasteiger partial charge in [0.05, 0.1) is 12.3 Å². The van der Waals surface area contributed by atoms with Crippen LogP contribution in [0.15, 0.2) is 0 Å². The molecule has 6 nitrogen and oxygen atoms in total. The van der Waals surface area contributed by atoms with Gasteiger partial charge in [-0.2, -0.15) is 0 Å². The van der Waals surface area contributed by atoms with Gasteiger partial charge in [-0.3, -0.25) is 9.59 Å². The molecule has 0 radical (unpaired) electrons. The van der Waals surface area contributed by atoms with Crippen LogP contribution >= 0.6 is 0 Å². The third kappa shape index (κ3) is 3.42. The minimum Gasteiger partial charge on any atom is -0.341 e. The molecule has 7 heteroatoms. The molecular formula is C10H18N2O4S. The van der Waals surface area contributed by atoms with Gasteiger partial charge in [-0.1, -0.05) is 6.92 Å². The van der Waals surface area contributed by atoms with E-state index in [-0.39, 0.29) is 36.4 Å². The Hall–Kier alpha value is -1.11. The number of hydrogen-bond donors (Lipinski definition) is 1. The third-order valence-corrected chi connectivity index (χ3v) is 4.40. The van der Waals surface area contributed by atoms with E-state index in [9.17, 15) is 18.0 Å². The molecule has 17 heavy (non-hydrogen) atoms. The number of nitrogens with zero attached hydrogens (tertiary/aromatic N) is 1. The van der Waals surface area contributed by atoms with Gasteiger partial charge < -0.3 is 10.2 Å². The van der Waals surface area contributed by atoms with E-state index in [2.05, 4.69) is 5.32 Å². The number of rotatable bonds is 4. The molecule has 1 fully saturated rings. The zero-order valence-electron chi connectivity index (χ0n) is 10.3. The van der Waals surface area contributed by atoms with E-state index >= 15 is 0 Å². The van der Waals surface area contributed by atoms with E-state index in [1.54, 1.807) is 20.8 Å². The second-order valence-electron chi connectivity index (χ2n) is 4.64. The van der Waals surface area contributed by atoms with Crippen LogP contribution < -0.4 is 5.32 Å². The van der Waals surface area contributed by atoms with Crippen molar-refractivity contribution in [3.8, 4) is 0 Å². The summed E-state index contributed by atoms with van der Waals surface area (Å²) in [5, 5.41) is 2.57. The maximum Gasteiger partial charge on any atom is 0.248 e. The summed E-state index contributed by atoms with van der Waals surface area (Å²) in [4.78, 5) is 24.6. The molecular weight excluding hydrogens is 244 g/mol. The summed E-state index contributed by atoms with van der Waals surface area (Å²) >= 11 is 0. The largest absolute Gasteiger partial charge is 0.341 e. The predicted octanol–water partition coefficient (Wildman–Crippen LogP) is -0.842. The average molecular weight is 262 g/mol. The molecule has 1 N–H and O–H groups in total. The molecule has 98 valence electrons. The van der Waals surface area contributed by atoms with Crippen molar-refractivity contribution in [1.29, 1.82) is 0 Å². The normalized spacial score (nSPS) is 20.3. The van der Waals surface area contributed by atoms with Crippen LogP contribution in [0.2, 0.25) is 0 Å². The van der Waals surface area contributed by atoms with Crippen LogP contribution in [-0.4, -0.2) is 55.3 Å². The summed E-state index contributed by atoms with van der Waals surface area (Å²) < 4.78 is 22.7. The maximum absolute atomic E-state index is 11.9. The van der Waals surface area contributed by atoms with Gasteiger partial charge in [-0.25, -0.2) is 8.42 Å². The first-order valence-electron chi connectivity index (χ1n) is 5.49. The molecule has 1 aliphatic heterocycles. The van der Waals surface area contributed by atoms with Crippen molar-refractivity contribution in [1.82, 2.24) is 10.2 Å². The van der Waals surface area contributed by atoms with Crippen molar-refractivity contribution in [2.24, 2.45) is 0 Å². The lowest BCUT2D eigenvalue weighted by molar-refractivity contribution is -0.148. The molecule has 1 aliphatic rings. The molecule has 0 aromatic carbocycles. The highest BCUT2D eigenvalue weighted by molar-refractivity contribution is 7.91. The lowest BCUT2D eigenvalue weighted by atomic mass is 10.0. The fourth-order valence-electron chi connectivity index (χ4n) is 1.66. The highest BCUT2D eigenvalue weighted by Gasteiger charge is 2.39. The quantitative estimate of drug-likeness (QED) is 0.716. The number of hydrogen-bond acceptors (Lipinski definition) is 4. The lowest BCUT2D eigenvalue weighted by Crippen LogP contribution is -2.64. The zero-order chi connectivity index (χ0) is 13.3. The Balaban J connectivity index is 2.71. The molecule has 0 aliphatic carbocycles. The molecule has 1 rings (SSSR count). The zero-order valence-corrected chi connectivity index (χ0v) is 11.1. The number of sulfone groups is 1. The van der Waals surface area contributed by atoms with Gasteiger partial charge in [0.15, 0.2) is 9.84 Å². The Kier molecular flexibility index (Phi) is 3.81. The molecule has 0 spiro atoms. The van der Waals surface area contributed by atoms with Crippen molar-refractivity contribution in [3.63, 3.8) is 0 Å². The smallest absolute Gasteiger partial charge is 0.248 e. The van der Waals surface area contributed by atoms with Crippen LogP contribution in [0.1, 0.15) is 20.8 Å². The van der Waals surface area contributed by atoms with E-state index < -0.39 is 15.4 Å². The molecule has 0 atom stereocenters. The van der Waals surface area contributed by atoms with Crippen LogP contribution in [0.5, 0.6) is 0 Å². The van der Waals surface area contributed by atoms with E-state index in [4.69, 9.17) is 0 Å². The maximum atomic E-state index is 11.9. The summed E-state index contributed by atoms with van der Waals surface area (Å²) in [6.45, 7) is 4.78. The van der Waals surface area contributed by atoms with Crippen molar-refractivity contribution in [2.75, 3.05) is 24.6 Å². The number of carbonyl (C=O) groups is 2.